The van der Waals surface area contributed by atoms with Gasteiger partial charge in [-0.1, -0.05) is 29.3 Å². The molecule has 0 aliphatic heterocycles. The van der Waals surface area contributed by atoms with Gasteiger partial charge in [0.05, 0.1) is 47.4 Å². The van der Waals surface area contributed by atoms with E-state index in [1.54, 1.807) is 23.5 Å². The number of hydrogen-bond acceptors (Lipinski definition) is 4. The molecule has 1 aromatic carbocycles. The fraction of sp³-hybridized carbons (Fsp3) is 0.500. The van der Waals surface area contributed by atoms with Crippen LogP contribution >= 0.6 is 23.2 Å². The molecule has 6 nitrogen and oxygen atoms in total. The number of aliphatic carboxylic acids is 1. The lowest BCUT2D eigenvalue weighted by atomic mass is 10.2. The van der Waals surface area contributed by atoms with Crippen molar-refractivity contribution < 1.29 is 24.7 Å². The van der Waals surface area contributed by atoms with E-state index in [0.29, 0.717) is 19.6 Å². The quantitative estimate of drug-likeness (QED) is 0.591. The fourth-order valence-electron chi connectivity index (χ4n) is 1.99. The summed E-state index contributed by atoms with van der Waals surface area (Å²) in [4.78, 5) is 23.2. The zero-order valence-corrected chi connectivity index (χ0v) is 15.2. The van der Waals surface area contributed by atoms with E-state index >= 15 is 0 Å². The standard InChI is InChI=1S/C16H22Cl2N2O4/c1-10(2)24-8-4-7-19-13(16(22)23)9-14(21)20-15-11(17)5-3-6-12(15)18/h3,5-6,10,13,19H,4,7-9H2,1-2H3,(H,20,21)(H,22,23)/t13-/m0/s1. The predicted octanol–water partition coefficient (Wildman–Crippen LogP) is 0.819. The highest BCUT2D eigenvalue weighted by atomic mass is 35.5. The molecule has 3 N–H and O–H groups in total. The Hall–Kier alpha value is -1.34. The molecule has 0 heterocycles. The maximum absolute atomic E-state index is 12.0. The van der Waals surface area contributed by atoms with Crippen LogP contribution < -0.4 is 15.7 Å². The smallest absolute Gasteiger partial charge is 0.230 e. The highest BCUT2D eigenvalue weighted by Crippen LogP contribution is 2.29. The average molecular weight is 377 g/mol. The largest absolute Gasteiger partial charge is 0.544 e. The SMILES string of the molecule is CC(C)OCCC[NH2+][C@@H](CC(=O)Nc1c(Cl)cccc1Cl)C(=O)[O-]. The van der Waals surface area contributed by atoms with Crippen molar-refractivity contribution in [3.8, 4) is 0 Å². The molecular weight excluding hydrogens is 355 g/mol. The molecule has 1 aromatic rings. The molecule has 0 aliphatic rings. The summed E-state index contributed by atoms with van der Waals surface area (Å²) in [6.45, 7) is 4.91. The van der Waals surface area contributed by atoms with Crippen LogP contribution in [0, 0.1) is 0 Å². The number of carbonyl (C=O) groups excluding carboxylic acids is 2. The van der Waals surface area contributed by atoms with Gasteiger partial charge < -0.3 is 25.3 Å². The Bertz CT molecular complexity index is 547. The number of nitrogens with two attached hydrogens (primary N) is 1. The summed E-state index contributed by atoms with van der Waals surface area (Å²) < 4.78 is 5.38. The molecular formula is C16H22Cl2N2O4. The lowest BCUT2D eigenvalue weighted by molar-refractivity contribution is -0.682. The van der Waals surface area contributed by atoms with Crippen LogP contribution in [0.3, 0.4) is 0 Å². The topological polar surface area (TPSA) is 95.1 Å². The Balaban J connectivity index is 2.49. The molecule has 0 spiro atoms. The third-order valence-corrected chi connectivity index (χ3v) is 3.82. The van der Waals surface area contributed by atoms with Crippen molar-refractivity contribution in [2.24, 2.45) is 0 Å². The van der Waals surface area contributed by atoms with E-state index < -0.39 is 17.9 Å². The van der Waals surface area contributed by atoms with E-state index in [-0.39, 0.29) is 28.3 Å². The maximum Gasteiger partial charge on any atom is 0.230 e. The number of rotatable bonds is 10. The number of carboxylic acids is 1. The second-order valence-corrected chi connectivity index (χ2v) is 6.39. The number of hydrogen-bond donors (Lipinski definition) is 2. The van der Waals surface area contributed by atoms with Crippen LogP contribution in [0.4, 0.5) is 5.69 Å². The number of halogens is 2. The lowest BCUT2D eigenvalue weighted by Crippen LogP contribution is -2.93. The van der Waals surface area contributed by atoms with Gasteiger partial charge in [0.15, 0.2) is 0 Å². The summed E-state index contributed by atoms with van der Waals surface area (Å²) in [5, 5.41) is 15.9. The molecule has 134 valence electrons. The van der Waals surface area contributed by atoms with Crippen LogP contribution in [-0.2, 0) is 14.3 Å². The number of carboxylic acid groups (broad SMARTS) is 1. The Kier molecular flexibility index (Phi) is 9.07. The van der Waals surface area contributed by atoms with E-state index in [9.17, 15) is 14.7 Å². The lowest BCUT2D eigenvalue weighted by Gasteiger charge is -2.17. The molecule has 0 unspecified atom stereocenters. The molecule has 8 heteroatoms. The zero-order chi connectivity index (χ0) is 18.1. The van der Waals surface area contributed by atoms with Gasteiger partial charge in [0.2, 0.25) is 5.91 Å². The maximum atomic E-state index is 12.0. The number of para-hydroxylation sites is 1. The third-order valence-electron chi connectivity index (χ3n) is 3.19. The van der Waals surface area contributed by atoms with Gasteiger partial charge >= 0.3 is 0 Å². The summed E-state index contributed by atoms with van der Waals surface area (Å²) in [6.07, 6.45) is 0.572. The van der Waals surface area contributed by atoms with Gasteiger partial charge in [-0.25, -0.2) is 0 Å². The van der Waals surface area contributed by atoms with Crippen molar-refractivity contribution in [1.29, 1.82) is 0 Å². The molecule has 0 aliphatic carbocycles. The molecule has 0 radical (unpaired) electrons. The Labute approximate surface area is 151 Å². The Morgan fingerprint density at radius 1 is 1.29 bits per heavy atom. The molecule has 24 heavy (non-hydrogen) atoms. The first-order valence-corrected chi connectivity index (χ1v) is 8.46. The highest BCUT2D eigenvalue weighted by Gasteiger charge is 2.19. The minimum atomic E-state index is -1.29. The van der Waals surface area contributed by atoms with Crippen LogP contribution in [0.1, 0.15) is 26.7 Å². The van der Waals surface area contributed by atoms with Gasteiger partial charge in [0, 0.05) is 6.42 Å². The zero-order valence-electron chi connectivity index (χ0n) is 13.7. The molecule has 0 bridgehead atoms. The number of anilines is 1. The Morgan fingerprint density at radius 2 is 1.92 bits per heavy atom. The molecule has 0 saturated heterocycles. The summed E-state index contributed by atoms with van der Waals surface area (Å²) >= 11 is 11.9. The number of quaternary nitrogens is 1. The minimum absolute atomic E-state index is 0.132. The molecule has 0 aromatic heterocycles. The van der Waals surface area contributed by atoms with E-state index in [1.807, 2.05) is 13.8 Å². The first kappa shape index (κ1) is 20.7. The summed E-state index contributed by atoms with van der Waals surface area (Å²) in [6, 6.07) is 3.84. The van der Waals surface area contributed by atoms with Crippen molar-refractivity contribution in [1.82, 2.24) is 0 Å². The monoisotopic (exact) mass is 376 g/mol. The highest BCUT2D eigenvalue weighted by molar-refractivity contribution is 6.39. The number of benzene rings is 1. The van der Waals surface area contributed by atoms with Crippen molar-refractivity contribution in [3.05, 3.63) is 28.2 Å². The summed E-state index contributed by atoms with van der Waals surface area (Å²) in [5.41, 5.74) is 0.272. The van der Waals surface area contributed by atoms with Crippen LogP contribution in [0.5, 0.6) is 0 Å². The molecule has 1 atom stereocenters. The van der Waals surface area contributed by atoms with E-state index in [0.717, 1.165) is 0 Å². The normalized spacial score (nSPS) is 12.2. The van der Waals surface area contributed by atoms with Crippen molar-refractivity contribution >= 4 is 40.8 Å². The Morgan fingerprint density at radius 3 is 2.46 bits per heavy atom. The molecule has 1 rings (SSSR count). The van der Waals surface area contributed by atoms with Crippen molar-refractivity contribution in [3.63, 3.8) is 0 Å². The van der Waals surface area contributed by atoms with E-state index in [1.165, 1.54) is 0 Å². The van der Waals surface area contributed by atoms with Crippen LogP contribution in [0.2, 0.25) is 10.0 Å². The van der Waals surface area contributed by atoms with Gasteiger partial charge in [-0.15, -0.1) is 0 Å². The van der Waals surface area contributed by atoms with Gasteiger partial charge in [0.1, 0.15) is 6.04 Å². The van der Waals surface area contributed by atoms with Crippen molar-refractivity contribution in [2.45, 2.75) is 38.8 Å². The third kappa shape index (κ3) is 7.49. The summed E-state index contributed by atoms with van der Waals surface area (Å²) in [7, 11) is 0. The van der Waals surface area contributed by atoms with E-state index in [4.69, 9.17) is 27.9 Å². The summed E-state index contributed by atoms with van der Waals surface area (Å²) in [5.74, 6) is -1.78. The molecule has 0 fully saturated rings. The van der Waals surface area contributed by atoms with Crippen LogP contribution in [0.15, 0.2) is 18.2 Å². The van der Waals surface area contributed by atoms with Crippen LogP contribution in [0.25, 0.3) is 0 Å². The number of ether oxygens (including phenoxy) is 1. The number of amides is 1. The second-order valence-electron chi connectivity index (χ2n) is 5.57. The first-order valence-electron chi connectivity index (χ1n) is 7.71. The number of nitrogens with one attached hydrogen (secondary N) is 1. The molecule has 0 saturated carbocycles. The van der Waals surface area contributed by atoms with Gasteiger partial charge in [0.25, 0.3) is 0 Å². The number of carbonyl (C=O) groups is 2. The van der Waals surface area contributed by atoms with Gasteiger partial charge in [-0.05, 0) is 26.0 Å². The predicted molar refractivity (Wildman–Crippen MR) is 91.0 cm³/mol. The second kappa shape index (κ2) is 10.5. The minimum Gasteiger partial charge on any atom is -0.544 e. The van der Waals surface area contributed by atoms with Crippen molar-refractivity contribution in [2.75, 3.05) is 18.5 Å². The van der Waals surface area contributed by atoms with Gasteiger partial charge in [-0.3, -0.25) is 4.79 Å². The van der Waals surface area contributed by atoms with Gasteiger partial charge in [-0.2, -0.15) is 0 Å². The van der Waals surface area contributed by atoms with E-state index in [2.05, 4.69) is 5.32 Å². The van der Waals surface area contributed by atoms with Crippen LogP contribution in [-0.4, -0.2) is 37.2 Å². The fourth-order valence-corrected chi connectivity index (χ4v) is 2.48. The first-order chi connectivity index (χ1) is 11.3. The average Bonchev–Trinajstić information content (AvgIpc) is 2.49. The molecule has 1 amide bonds.